The van der Waals surface area contributed by atoms with Crippen LogP contribution in [0.5, 0.6) is 5.75 Å². The number of amides is 7. The smallest absolute Gasteiger partial charge is 0.305 e. The van der Waals surface area contributed by atoms with Crippen LogP contribution in [-0.4, -0.2) is 110 Å². The quantitative estimate of drug-likeness (QED) is 0.104. The third-order valence-electron chi connectivity index (χ3n) is 10.0. The summed E-state index contributed by atoms with van der Waals surface area (Å²) in [7, 11) is 2.16. The van der Waals surface area contributed by atoms with Gasteiger partial charge in [0.2, 0.25) is 41.4 Å². The molecule has 3 rings (SSSR count). The molecule has 1 heterocycles. The van der Waals surface area contributed by atoms with Crippen LogP contribution in [0.4, 0.5) is 0 Å². The number of carboxylic acid groups (broad SMARTS) is 1. The summed E-state index contributed by atoms with van der Waals surface area (Å²) in [4.78, 5) is 108. The standard InChI is InChI=1S/C41H58N8O10S2/c1-7-8-14-27(35(55)44-21-29(43)51)45-38(58)32-40(3,4)60-61-41(5,6)33(48-34(54)26(42)19-23-15-17-25(50)18-16-23)39(59)47-31(22(2)24-12-10-9-11-13-24)37(57)46-28(20-30(52)53)36(56)49-32/h9-13,15-18,22,26-28,31-33,50H,7-8,14,19-21,42H2,1-6H3,(H2,43,51)(H,44,55)(H,45,58)(H,46,57)(H,47,59)(H,48,54)(H,49,56)(H,52,53)/t22-,26-,27-,28-,31+,32?,33-/m0/s1. The van der Waals surface area contributed by atoms with Crippen molar-refractivity contribution in [3.05, 3.63) is 65.7 Å². The Hall–Kier alpha value is -5.34. The minimum Gasteiger partial charge on any atom is -0.508 e. The van der Waals surface area contributed by atoms with Crippen molar-refractivity contribution in [1.29, 1.82) is 0 Å². The number of carboxylic acids is 1. The first-order valence-electron chi connectivity index (χ1n) is 19.8. The van der Waals surface area contributed by atoms with Crippen LogP contribution in [0.2, 0.25) is 0 Å². The Morgan fingerprint density at radius 1 is 0.852 bits per heavy atom. The number of hydrogen-bond acceptors (Lipinski definition) is 12. The number of unbranched alkanes of at least 4 members (excludes halogenated alkanes) is 1. The van der Waals surface area contributed by atoms with Crippen LogP contribution < -0.4 is 43.4 Å². The van der Waals surface area contributed by atoms with E-state index in [0.717, 1.165) is 21.6 Å². The molecule has 1 aliphatic heterocycles. The maximum Gasteiger partial charge on any atom is 0.305 e. The van der Waals surface area contributed by atoms with Crippen molar-refractivity contribution < 1.29 is 48.6 Å². The highest BCUT2D eigenvalue weighted by molar-refractivity contribution is 8.77. The summed E-state index contributed by atoms with van der Waals surface area (Å²) in [5.74, 6) is -8.00. The Labute approximate surface area is 363 Å². The Bertz CT molecular complexity index is 1900. The third-order valence-corrected chi connectivity index (χ3v) is 14.3. The van der Waals surface area contributed by atoms with E-state index in [2.05, 4.69) is 31.9 Å². The third kappa shape index (κ3) is 15.0. The highest BCUT2D eigenvalue weighted by Crippen LogP contribution is 2.47. The van der Waals surface area contributed by atoms with E-state index >= 15 is 0 Å². The van der Waals surface area contributed by atoms with E-state index in [0.29, 0.717) is 24.0 Å². The molecule has 0 aliphatic carbocycles. The largest absolute Gasteiger partial charge is 0.508 e. The van der Waals surface area contributed by atoms with E-state index in [1.165, 1.54) is 12.1 Å². The molecule has 2 aromatic carbocycles. The molecule has 0 radical (unpaired) electrons. The highest BCUT2D eigenvalue weighted by atomic mass is 33.1. The first-order chi connectivity index (χ1) is 28.6. The molecule has 18 nitrogen and oxygen atoms in total. The topological polar surface area (TPSA) is 301 Å². The summed E-state index contributed by atoms with van der Waals surface area (Å²) < 4.78 is -2.55. The van der Waals surface area contributed by atoms with Gasteiger partial charge >= 0.3 is 5.97 Å². The fourth-order valence-corrected chi connectivity index (χ4v) is 9.19. The van der Waals surface area contributed by atoms with Crippen molar-refractivity contribution in [3.8, 4) is 5.75 Å². The molecule has 12 N–H and O–H groups in total. The number of phenolic OH excluding ortho intramolecular Hbond substituents is 1. The summed E-state index contributed by atoms with van der Waals surface area (Å²) in [5, 5.41) is 35.3. The molecule has 61 heavy (non-hydrogen) atoms. The number of aliphatic carboxylic acids is 1. The van der Waals surface area contributed by atoms with E-state index in [-0.39, 0.29) is 18.6 Å². The molecule has 1 aliphatic rings. The first kappa shape index (κ1) is 50.0. The predicted molar refractivity (Wildman–Crippen MR) is 232 cm³/mol. The zero-order valence-corrected chi connectivity index (χ0v) is 36.7. The first-order valence-corrected chi connectivity index (χ1v) is 22.0. The van der Waals surface area contributed by atoms with Crippen molar-refractivity contribution in [2.75, 3.05) is 6.54 Å². The minimum absolute atomic E-state index is 0.0243. The molecule has 7 atom stereocenters. The van der Waals surface area contributed by atoms with Gasteiger partial charge in [-0.3, -0.25) is 38.4 Å². The second-order valence-corrected chi connectivity index (χ2v) is 19.4. The Morgan fingerprint density at radius 3 is 2.07 bits per heavy atom. The molecule has 1 unspecified atom stereocenters. The van der Waals surface area contributed by atoms with E-state index in [1.54, 1.807) is 77.1 Å². The lowest BCUT2D eigenvalue weighted by Gasteiger charge is -2.40. The number of carbonyl (C=O) groups excluding carboxylic acids is 7. The van der Waals surface area contributed by atoms with Crippen LogP contribution in [0.1, 0.15) is 84.3 Å². The number of benzene rings is 2. The lowest BCUT2D eigenvalue weighted by molar-refractivity contribution is -0.141. The van der Waals surface area contributed by atoms with Crippen LogP contribution in [0.3, 0.4) is 0 Å². The molecule has 0 aromatic heterocycles. The lowest BCUT2D eigenvalue weighted by Crippen LogP contribution is -2.65. The van der Waals surface area contributed by atoms with Gasteiger partial charge in [-0.2, -0.15) is 0 Å². The van der Waals surface area contributed by atoms with Crippen LogP contribution in [0, 0.1) is 0 Å². The van der Waals surface area contributed by atoms with Crippen molar-refractivity contribution in [2.45, 2.75) is 125 Å². The van der Waals surface area contributed by atoms with Crippen molar-refractivity contribution in [2.24, 2.45) is 11.5 Å². The summed E-state index contributed by atoms with van der Waals surface area (Å²) in [6.07, 6.45) is 0.446. The molecule has 20 heteroatoms. The van der Waals surface area contributed by atoms with Crippen LogP contribution >= 0.6 is 21.6 Å². The van der Waals surface area contributed by atoms with Crippen molar-refractivity contribution >= 4 is 68.9 Å². The monoisotopic (exact) mass is 886 g/mol. The van der Waals surface area contributed by atoms with Gasteiger partial charge in [0.05, 0.1) is 19.0 Å². The molecule has 1 saturated heterocycles. The molecule has 1 fully saturated rings. The van der Waals surface area contributed by atoms with Crippen LogP contribution in [0.15, 0.2) is 54.6 Å². The molecule has 2 aromatic rings. The SMILES string of the molecule is CCCC[C@H](NC(=O)C1NC(=O)[C@H](CC(=O)O)NC(=O)[C@@H]([C@@H](C)c2ccccc2)NC(=O)[C@H](NC(=O)[C@@H](N)Cc2ccc(O)cc2)C(C)(C)SSC1(C)C)C(=O)NCC(N)=O. The minimum atomic E-state index is -1.75. The second-order valence-electron chi connectivity index (χ2n) is 16.0. The van der Waals surface area contributed by atoms with Gasteiger partial charge in [-0.1, -0.05) is 90.7 Å². The summed E-state index contributed by atoms with van der Waals surface area (Å²) in [6, 6.07) is 6.39. The van der Waals surface area contributed by atoms with Crippen LogP contribution in [0.25, 0.3) is 0 Å². The van der Waals surface area contributed by atoms with Gasteiger partial charge in [0.25, 0.3) is 0 Å². The number of primary amides is 1. The number of nitrogens with two attached hydrogens (primary N) is 2. The molecular formula is C41H58N8O10S2. The Kier molecular flexibility index (Phi) is 18.4. The van der Waals surface area contributed by atoms with E-state index in [1.807, 2.05) is 6.92 Å². The molecule has 0 spiro atoms. The lowest BCUT2D eigenvalue weighted by atomic mass is 9.91. The summed E-state index contributed by atoms with van der Waals surface area (Å²) in [5.41, 5.74) is 12.8. The van der Waals surface area contributed by atoms with E-state index in [4.69, 9.17) is 11.5 Å². The molecule has 7 amide bonds. The van der Waals surface area contributed by atoms with E-state index in [9.17, 15) is 48.6 Å². The van der Waals surface area contributed by atoms with Gasteiger partial charge in [0.15, 0.2) is 0 Å². The highest BCUT2D eigenvalue weighted by Gasteiger charge is 2.46. The van der Waals surface area contributed by atoms with Crippen LogP contribution in [-0.2, 0) is 44.8 Å². The summed E-state index contributed by atoms with van der Waals surface area (Å²) in [6.45, 7) is 9.58. The predicted octanol–water partition coefficient (Wildman–Crippen LogP) is 0.708. The van der Waals surface area contributed by atoms with Gasteiger partial charge in [0.1, 0.15) is 36.0 Å². The number of rotatable bonds is 16. The average Bonchev–Trinajstić information content (AvgIpc) is 3.20. The Balaban J connectivity index is 2.14. The fourth-order valence-electron chi connectivity index (χ4n) is 6.37. The number of aromatic hydroxyl groups is 1. The fraction of sp³-hybridized carbons (Fsp3) is 0.512. The maximum atomic E-state index is 14.6. The number of nitrogens with one attached hydrogen (secondary N) is 6. The Morgan fingerprint density at radius 2 is 1.48 bits per heavy atom. The van der Waals surface area contributed by atoms with Gasteiger partial charge < -0.3 is 53.6 Å². The zero-order chi connectivity index (χ0) is 45.7. The molecule has 334 valence electrons. The second kappa shape index (κ2) is 22.5. The molecule has 0 bridgehead atoms. The van der Waals surface area contributed by atoms with Gasteiger partial charge in [-0.05, 0) is 63.8 Å². The van der Waals surface area contributed by atoms with E-state index < -0.39 is 112 Å². The van der Waals surface area contributed by atoms with Gasteiger partial charge in [-0.25, -0.2) is 0 Å². The molecule has 0 saturated carbocycles. The normalized spacial score (nSPS) is 22.0. The van der Waals surface area contributed by atoms with Gasteiger partial charge in [-0.15, -0.1) is 0 Å². The van der Waals surface area contributed by atoms with Gasteiger partial charge in [0, 0.05) is 15.4 Å². The van der Waals surface area contributed by atoms with Crippen molar-refractivity contribution in [3.63, 3.8) is 0 Å². The summed E-state index contributed by atoms with van der Waals surface area (Å²) >= 11 is 0. The number of carbonyl (C=O) groups is 8. The molecular weight excluding hydrogens is 829 g/mol. The number of hydrogen-bond donors (Lipinski definition) is 10. The number of phenols is 1. The zero-order valence-electron chi connectivity index (χ0n) is 35.1. The van der Waals surface area contributed by atoms with Crippen molar-refractivity contribution in [1.82, 2.24) is 31.9 Å². The average molecular weight is 887 g/mol. The maximum absolute atomic E-state index is 14.6.